The lowest BCUT2D eigenvalue weighted by molar-refractivity contribution is -0.209. The summed E-state index contributed by atoms with van der Waals surface area (Å²) >= 11 is 0. The van der Waals surface area contributed by atoms with Crippen LogP contribution in [0.2, 0.25) is 0 Å². The molecule has 12 nitrogen and oxygen atoms in total. The largest absolute Gasteiger partial charge is 0.396 e. The Bertz CT molecular complexity index is 1480. The van der Waals surface area contributed by atoms with Gasteiger partial charge in [0.05, 0.1) is 29.5 Å². The molecule has 0 spiro atoms. The van der Waals surface area contributed by atoms with Gasteiger partial charge in [0.25, 0.3) is 0 Å². The second kappa shape index (κ2) is 12.4. The van der Waals surface area contributed by atoms with Gasteiger partial charge in [-0.25, -0.2) is 0 Å². The fourth-order valence-electron chi connectivity index (χ4n) is 12.6. The molecule has 0 aromatic rings. The van der Waals surface area contributed by atoms with Crippen molar-refractivity contribution in [1.29, 1.82) is 0 Å². The van der Waals surface area contributed by atoms with Gasteiger partial charge < -0.3 is 44.6 Å². The topological polar surface area (TPSA) is 178 Å². The number of carbonyl (C=O) groups is 2. The Morgan fingerprint density at radius 1 is 1.14 bits per heavy atom. The molecular formula is C39H58N2O10. The highest BCUT2D eigenvalue weighted by Gasteiger charge is 2.71. The number of rotatable bonds is 10. The molecular weight excluding hydrogens is 656 g/mol. The van der Waals surface area contributed by atoms with E-state index in [-0.39, 0.29) is 47.6 Å². The van der Waals surface area contributed by atoms with Crippen LogP contribution < -0.4 is 5.32 Å². The molecule has 9 aliphatic rings. The Hall–Kier alpha value is -1.74. The number of amides is 1. The van der Waals surface area contributed by atoms with Gasteiger partial charge in [0.2, 0.25) is 5.91 Å². The van der Waals surface area contributed by atoms with E-state index >= 15 is 0 Å². The van der Waals surface area contributed by atoms with E-state index in [1.807, 2.05) is 13.0 Å². The number of fused-ring (bicyclic) bond motifs is 6. The number of aliphatic hydroxyl groups excluding tert-OH is 2. The maximum atomic E-state index is 13.9. The first-order chi connectivity index (χ1) is 24.1. The van der Waals surface area contributed by atoms with E-state index in [1.54, 1.807) is 31.1 Å². The molecule has 9 rings (SSSR count). The number of allylic oxidation sites excluding steroid dienone is 1. The molecule has 0 radical (unpaired) electrons. The minimum atomic E-state index is -1.75. The molecule has 2 bridgehead atoms. The summed E-state index contributed by atoms with van der Waals surface area (Å²) in [5.74, 6) is -2.23. The molecule has 12 heteroatoms. The molecule has 4 heterocycles. The van der Waals surface area contributed by atoms with Crippen LogP contribution in [0.5, 0.6) is 0 Å². The average molecular weight is 715 g/mol. The van der Waals surface area contributed by atoms with Gasteiger partial charge >= 0.3 is 0 Å². The summed E-state index contributed by atoms with van der Waals surface area (Å²) in [5.41, 5.74) is -5.12. The zero-order valence-electron chi connectivity index (χ0n) is 30.5. The summed E-state index contributed by atoms with van der Waals surface area (Å²) in [6.45, 7) is 8.04. The number of methoxy groups -OCH3 is 1. The molecule has 16 atom stereocenters. The molecule has 51 heavy (non-hydrogen) atoms. The standard InChI is InChI=1S/C39H58N2O10/c1-35-10-6-21(50-17-5-16-49-4)18-26(35)27(43)19-25-24(35)8-11-36(2)28(9-12-38(25,36)47)37(3,46)32(44)31-23(20-42)29-22-7-13-39(48,33(29)51-31)40-30(22)34(45)41-14-15-41/h7,13,19,21-24,26,28-33,40,42,44,46-48H,5-6,8-12,14-18,20H2,1-4H3/t21-,22-,23+,24-,26-,28-,29+,30+,31-,32+,33-,35+,36+,37-,38+,39-/m0/s1. The molecule has 0 aromatic heterocycles. The lowest BCUT2D eigenvalue weighted by Crippen LogP contribution is -2.71. The Morgan fingerprint density at radius 3 is 2.61 bits per heavy atom. The van der Waals surface area contributed by atoms with Gasteiger partial charge in [0, 0.05) is 69.1 Å². The number of hydrogen-bond acceptors (Lipinski definition) is 11. The second-order valence-electron chi connectivity index (χ2n) is 18.0. The van der Waals surface area contributed by atoms with Crippen molar-refractivity contribution in [2.75, 3.05) is 40.0 Å². The van der Waals surface area contributed by atoms with Crippen LogP contribution in [-0.2, 0) is 23.8 Å². The fraction of sp³-hybridized carbons (Fsp3) is 0.846. The quantitative estimate of drug-likeness (QED) is 0.108. The van der Waals surface area contributed by atoms with E-state index in [1.165, 1.54) is 0 Å². The Morgan fingerprint density at radius 2 is 1.90 bits per heavy atom. The SMILES string of the molecule is COCCCO[C@H]1CC[C@@]2(C)[C@@H](C1)C(=O)C=C1[C@@H]2CC[C@]2(C)[C@@H]([C@](C)(O)[C@H](O)[C@H]3O[C@H]4[C@H]([C@@H]5C=C[C@@]4(O)N[C@H]5C(=O)N4CC4)[C@H]3CO)CC[C@@]12O. The first kappa shape index (κ1) is 36.2. The van der Waals surface area contributed by atoms with E-state index in [9.17, 15) is 35.1 Å². The van der Waals surface area contributed by atoms with Crippen molar-refractivity contribution in [2.45, 2.75) is 120 Å². The summed E-state index contributed by atoms with van der Waals surface area (Å²) < 4.78 is 17.8. The van der Waals surface area contributed by atoms with Crippen LogP contribution in [-0.4, -0.2) is 130 Å². The van der Waals surface area contributed by atoms with Gasteiger partial charge in [-0.2, -0.15) is 0 Å². The van der Waals surface area contributed by atoms with Crippen molar-refractivity contribution >= 4 is 11.7 Å². The third-order valence-corrected chi connectivity index (χ3v) is 15.5. The highest BCUT2D eigenvalue weighted by atomic mass is 16.5. The van der Waals surface area contributed by atoms with Gasteiger partial charge in [0.15, 0.2) is 11.5 Å². The summed E-state index contributed by atoms with van der Waals surface area (Å²) in [5, 5.41) is 62.9. The lowest BCUT2D eigenvalue weighted by Gasteiger charge is -2.60. The number of nitrogens with zero attached hydrogens (tertiary/aromatic N) is 1. The number of nitrogens with one attached hydrogen (secondary N) is 1. The van der Waals surface area contributed by atoms with E-state index in [0.29, 0.717) is 52.0 Å². The van der Waals surface area contributed by atoms with Crippen molar-refractivity contribution in [3.05, 3.63) is 23.8 Å². The van der Waals surface area contributed by atoms with Crippen LogP contribution in [0.3, 0.4) is 0 Å². The maximum Gasteiger partial charge on any atom is 0.240 e. The highest BCUT2D eigenvalue weighted by molar-refractivity contribution is 5.95. The fourth-order valence-corrected chi connectivity index (χ4v) is 12.6. The van der Waals surface area contributed by atoms with Crippen LogP contribution in [0.1, 0.15) is 72.1 Å². The number of carbonyl (C=O) groups excluding carboxylic acids is 2. The number of piperidine rings is 1. The van der Waals surface area contributed by atoms with Crippen molar-refractivity contribution in [2.24, 2.45) is 46.3 Å². The van der Waals surface area contributed by atoms with Crippen molar-refractivity contribution in [3.8, 4) is 0 Å². The van der Waals surface area contributed by atoms with Crippen molar-refractivity contribution in [3.63, 3.8) is 0 Å². The monoisotopic (exact) mass is 714 g/mol. The summed E-state index contributed by atoms with van der Waals surface area (Å²) in [7, 11) is 1.68. The highest BCUT2D eigenvalue weighted by Crippen LogP contribution is 2.69. The summed E-state index contributed by atoms with van der Waals surface area (Å²) in [6, 6.07) is -0.673. The zero-order valence-corrected chi connectivity index (χ0v) is 30.5. The van der Waals surface area contributed by atoms with Crippen LogP contribution in [0, 0.1) is 46.3 Å². The molecule has 0 aromatic carbocycles. The summed E-state index contributed by atoms with van der Waals surface area (Å²) in [4.78, 5) is 28.8. The molecule has 4 aliphatic heterocycles. The van der Waals surface area contributed by atoms with Gasteiger partial charge in [0.1, 0.15) is 12.2 Å². The molecule has 0 unspecified atom stereocenters. The van der Waals surface area contributed by atoms with Crippen LogP contribution >= 0.6 is 0 Å². The molecule has 5 aliphatic carbocycles. The minimum Gasteiger partial charge on any atom is -0.396 e. The van der Waals surface area contributed by atoms with Gasteiger partial charge in [-0.3, -0.25) is 14.9 Å². The van der Waals surface area contributed by atoms with E-state index in [4.69, 9.17) is 14.2 Å². The van der Waals surface area contributed by atoms with Crippen molar-refractivity contribution < 1.29 is 49.3 Å². The predicted molar refractivity (Wildman–Crippen MR) is 184 cm³/mol. The normalized spacial score (nSPS) is 49.8. The van der Waals surface area contributed by atoms with Gasteiger partial charge in [-0.05, 0) is 93.3 Å². The van der Waals surface area contributed by atoms with E-state index < -0.39 is 64.4 Å². The number of ether oxygens (including phenoxy) is 3. The first-order valence-electron chi connectivity index (χ1n) is 19.4. The third-order valence-electron chi connectivity index (χ3n) is 15.5. The summed E-state index contributed by atoms with van der Waals surface area (Å²) in [6.07, 6.45) is 7.19. The molecule has 1 amide bonds. The smallest absolute Gasteiger partial charge is 0.240 e. The third kappa shape index (κ3) is 5.18. The molecule has 6 fully saturated rings. The number of aliphatic hydroxyl groups is 5. The van der Waals surface area contributed by atoms with Gasteiger partial charge in [-0.15, -0.1) is 0 Å². The Kier molecular flexibility index (Phi) is 8.81. The Balaban J connectivity index is 1.03. The minimum absolute atomic E-state index is 0.0254. The first-order valence-corrected chi connectivity index (χ1v) is 19.4. The number of hydrogen-bond donors (Lipinski definition) is 6. The molecule has 3 saturated carbocycles. The second-order valence-corrected chi connectivity index (χ2v) is 18.0. The van der Waals surface area contributed by atoms with Gasteiger partial charge in [-0.1, -0.05) is 19.9 Å². The predicted octanol–water partition coefficient (Wildman–Crippen LogP) is 1.07. The van der Waals surface area contributed by atoms with Crippen LogP contribution in [0.15, 0.2) is 23.8 Å². The average Bonchev–Trinajstić information content (AvgIpc) is 3.80. The van der Waals surface area contributed by atoms with Crippen LogP contribution in [0.4, 0.5) is 0 Å². The zero-order chi connectivity index (χ0) is 36.3. The molecule has 6 N–H and O–H groups in total. The van der Waals surface area contributed by atoms with Crippen LogP contribution in [0.25, 0.3) is 0 Å². The molecule has 284 valence electrons. The lowest BCUT2D eigenvalue weighted by atomic mass is 9.46. The maximum absolute atomic E-state index is 13.9. The molecule has 3 saturated heterocycles. The van der Waals surface area contributed by atoms with E-state index in [2.05, 4.69) is 12.2 Å². The van der Waals surface area contributed by atoms with Crippen molar-refractivity contribution in [1.82, 2.24) is 10.2 Å². The number of ketones is 1. The Labute approximate surface area is 300 Å². The van der Waals surface area contributed by atoms with E-state index in [0.717, 1.165) is 31.3 Å².